The van der Waals surface area contributed by atoms with Crippen LogP contribution in [0.2, 0.25) is 0 Å². The van der Waals surface area contributed by atoms with Gasteiger partial charge < -0.3 is 29.2 Å². The van der Waals surface area contributed by atoms with Crippen molar-refractivity contribution in [1.82, 2.24) is 15.2 Å². The number of benzene rings is 3. The number of aromatic hydroxyl groups is 1. The monoisotopic (exact) mass is 654 g/mol. The summed E-state index contributed by atoms with van der Waals surface area (Å²) in [7, 11) is 6.41. The van der Waals surface area contributed by atoms with E-state index in [4.69, 9.17) is 39.1 Å². The Morgan fingerprint density at radius 2 is 1.43 bits per heavy atom. The van der Waals surface area contributed by atoms with Crippen molar-refractivity contribution in [3.8, 4) is 46.1 Å². The van der Waals surface area contributed by atoms with E-state index in [-0.39, 0.29) is 11.7 Å². The van der Waals surface area contributed by atoms with Gasteiger partial charge in [-0.1, -0.05) is 19.9 Å². The number of H-pyrrole nitrogens is 1. The summed E-state index contributed by atoms with van der Waals surface area (Å²) in [5.41, 5.74) is 4.29. The number of methoxy groups -OCH3 is 4. The summed E-state index contributed by atoms with van der Waals surface area (Å²) < 4.78 is 52.9. The van der Waals surface area contributed by atoms with Crippen molar-refractivity contribution in [1.29, 1.82) is 5.26 Å². The molecule has 0 aliphatic heterocycles. The zero-order valence-corrected chi connectivity index (χ0v) is 26.4. The standard InChI is InChI=1S/C21H21N3O3.C10H11NO2.C2HF3O2/c1-11(2)19-18-14-9-16(26-3)17(27-4)10-15(14)20(22-21(18)24-23-19)12-5-7-13(25)8-6-12;1-12-9-4-3-8(5-6-11)7-10(9)13-2;3-2(4,5)1(6)7/h5-11,25H,1-4H3,(H,22,23,24);3-4,7H,5H2,1-2H3;(H,6,7). The molecule has 2 aromatic heterocycles. The van der Waals surface area contributed by atoms with E-state index >= 15 is 0 Å². The third kappa shape index (κ3) is 8.51. The number of phenols is 1. The number of phenolic OH excluding ortho intramolecular Hbond substituents is 1. The second kappa shape index (κ2) is 15.5. The number of alkyl halides is 3. The van der Waals surface area contributed by atoms with E-state index in [0.29, 0.717) is 35.1 Å². The molecule has 14 heteroatoms. The van der Waals surface area contributed by atoms with Crippen molar-refractivity contribution in [3.05, 3.63) is 65.9 Å². The molecule has 0 saturated carbocycles. The van der Waals surface area contributed by atoms with Crippen LogP contribution < -0.4 is 18.9 Å². The molecule has 0 aliphatic rings. The second-order valence-corrected chi connectivity index (χ2v) is 10.1. The lowest BCUT2D eigenvalue weighted by Gasteiger charge is -2.13. The van der Waals surface area contributed by atoms with Gasteiger partial charge in [-0.3, -0.25) is 5.10 Å². The zero-order valence-electron chi connectivity index (χ0n) is 26.4. The van der Waals surface area contributed by atoms with Crippen LogP contribution in [0, 0.1) is 11.3 Å². The zero-order chi connectivity index (χ0) is 34.9. The fourth-order valence-electron chi connectivity index (χ4n) is 4.48. The van der Waals surface area contributed by atoms with Gasteiger partial charge in [0.2, 0.25) is 0 Å². The molecule has 0 saturated heterocycles. The minimum atomic E-state index is -5.08. The van der Waals surface area contributed by atoms with Crippen LogP contribution in [-0.2, 0) is 11.2 Å². The number of halogens is 3. The number of aliphatic carboxylic acids is 1. The first-order valence-corrected chi connectivity index (χ1v) is 13.9. The summed E-state index contributed by atoms with van der Waals surface area (Å²) in [5.74, 6) is 0.371. The van der Waals surface area contributed by atoms with Gasteiger partial charge in [0.15, 0.2) is 28.6 Å². The maximum atomic E-state index is 10.6. The predicted molar refractivity (Wildman–Crippen MR) is 168 cm³/mol. The molecule has 3 aromatic carbocycles. The molecule has 0 bridgehead atoms. The van der Waals surface area contributed by atoms with E-state index in [1.807, 2.05) is 36.4 Å². The van der Waals surface area contributed by atoms with Gasteiger partial charge in [0, 0.05) is 22.0 Å². The Morgan fingerprint density at radius 3 is 1.91 bits per heavy atom. The van der Waals surface area contributed by atoms with E-state index < -0.39 is 12.1 Å². The number of fused-ring (bicyclic) bond motifs is 3. The lowest BCUT2D eigenvalue weighted by molar-refractivity contribution is -0.192. The highest BCUT2D eigenvalue weighted by Crippen LogP contribution is 2.41. The summed E-state index contributed by atoms with van der Waals surface area (Å²) in [6.07, 6.45) is -4.69. The lowest BCUT2D eigenvalue weighted by atomic mass is 9.98. The van der Waals surface area contributed by atoms with Crippen molar-refractivity contribution >= 4 is 27.8 Å². The first kappa shape index (κ1) is 35.8. The number of carbonyl (C=O) groups is 1. The molecule has 0 radical (unpaired) electrons. The Kier molecular flexibility index (Phi) is 11.8. The number of ether oxygens (including phenoxy) is 4. The van der Waals surface area contributed by atoms with Crippen LogP contribution in [0.1, 0.15) is 31.0 Å². The number of nitrogens with one attached hydrogen (secondary N) is 1. The highest BCUT2D eigenvalue weighted by atomic mass is 19.4. The first-order chi connectivity index (χ1) is 22.3. The highest BCUT2D eigenvalue weighted by molar-refractivity contribution is 6.12. The fourth-order valence-corrected chi connectivity index (χ4v) is 4.48. The number of aromatic amines is 1. The van der Waals surface area contributed by atoms with E-state index in [9.17, 15) is 18.3 Å². The fraction of sp³-hybridized carbons (Fsp3) is 0.273. The Hall–Kier alpha value is -5.71. The molecule has 3 N–H and O–H groups in total. The highest BCUT2D eigenvalue weighted by Gasteiger charge is 2.38. The van der Waals surface area contributed by atoms with E-state index in [0.717, 1.165) is 38.7 Å². The molecule has 11 nitrogen and oxygen atoms in total. The molecule has 0 spiro atoms. The van der Waals surface area contributed by atoms with Crippen molar-refractivity contribution in [2.24, 2.45) is 0 Å². The first-order valence-electron chi connectivity index (χ1n) is 13.9. The molecule has 2 heterocycles. The number of carboxylic acid groups (broad SMARTS) is 1. The van der Waals surface area contributed by atoms with Crippen molar-refractivity contribution in [2.75, 3.05) is 28.4 Å². The van der Waals surface area contributed by atoms with Crippen LogP contribution in [0.3, 0.4) is 0 Å². The number of aromatic nitrogens is 3. The van der Waals surface area contributed by atoms with Crippen molar-refractivity contribution < 1.29 is 47.1 Å². The molecule has 248 valence electrons. The molecule has 5 rings (SSSR count). The van der Waals surface area contributed by atoms with Gasteiger partial charge in [-0.05, 0) is 60.0 Å². The average Bonchev–Trinajstić information content (AvgIpc) is 3.49. The Morgan fingerprint density at radius 1 is 0.894 bits per heavy atom. The van der Waals surface area contributed by atoms with Gasteiger partial charge >= 0.3 is 12.1 Å². The maximum absolute atomic E-state index is 10.6. The molecule has 5 aromatic rings. The molecular weight excluding hydrogens is 621 g/mol. The summed E-state index contributed by atoms with van der Waals surface area (Å²) in [6.45, 7) is 4.24. The van der Waals surface area contributed by atoms with E-state index in [2.05, 4.69) is 30.1 Å². The minimum Gasteiger partial charge on any atom is -0.508 e. The van der Waals surface area contributed by atoms with Gasteiger partial charge in [-0.2, -0.15) is 23.5 Å². The van der Waals surface area contributed by atoms with Crippen LogP contribution in [0.5, 0.6) is 28.7 Å². The largest absolute Gasteiger partial charge is 0.508 e. The number of nitrogens with zero attached hydrogens (tertiary/aromatic N) is 3. The Balaban J connectivity index is 0.000000249. The van der Waals surface area contributed by atoms with Gasteiger partial charge in [-0.25, -0.2) is 9.78 Å². The number of pyridine rings is 1. The Bertz CT molecular complexity index is 1880. The molecule has 0 fully saturated rings. The molecule has 0 amide bonds. The molecule has 47 heavy (non-hydrogen) atoms. The summed E-state index contributed by atoms with van der Waals surface area (Å²) >= 11 is 0. The van der Waals surface area contributed by atoms with Crippen LogP contribution in [0.4, 0.5) is 13.2 Å². The molecule has 0 aliphatic carbocycles. The normalized spacial score (nSPS) is 10.7. The van der Waals surface area contributed by atoms with Gasteiger partial charge in [-0.15, -0.1) is 0 Å². The summed E-state index contributed by atoms with van der Waals surface area (Å²) in [5, 5.41) is 35.7. The van der Waals surface area contributed by atoms with Gasteiger partial charge in [0.25, 0.3) is 0 Å². The molecular formula is C33H33F3N4O7. The van der Waals surface area contributed by atoms with Crippen LogP contribution in [0.25, 0.3) is 33.1 Å². The molecule has 0 unspecified atom stereocenters. The van der Waals surface area contributed by atoms with Gasteiger partial charge in [0.1, 0.15) is 5.75 Å². The number of hydrogen-bond acceptors (Lipinski definition) is 9. The minimum absolute atomic E-state index is 0.213. The predicted octanol–water partition coefficient (Wildman–Crippen LogP) is 7.03. The average molecular weight is 655 g/mol. The number of hydrogen-bond donors (Lipinski definition) is 3. The lowest BCUT2D eigenvalue weighted by Crippen LogP contribution is -2.21. The van der Waals surface area contributed by atoms with Crippen molar-refractivity contribution in [2.45, 2.75) is 32.4 Å². The van der Waals surface area contributed by atoms with Crippen LogP contribution in [-0.4, -0.2) is 66.0 Å². The SMILES string of the molecule is COc1cc2c(-c3ccc(O)cc3)nc3n[nH]c(C(C)C)c3c2cc1OC.COc1ccc(CC#N)cc1OC.O=C(O)C(F)(F)F. The number of carboxylic acids is 1. The smallest absolute Gasteiger partial charge is 0.490 e. The molecule has 0 atom stereocenters. The summed E-state index contributed by atoms with van der Waals surface area (Å²) in [4.78, 5) is 13.7. The van der Waals surface area contributed by atoms with Crippen LogP contribution in [0.15, 0.2) is 54.6 Å². The third-order valence-corrected chi connectivity index (χ3v) is 6.73. The maximum Gasteiger partial charge on any atom is 0.490 e. The van der Waals surface area contributed by atoms with Crippen LogP contribution >= 0.6 is 0 Å². The van der Waals surface area contributed by atoms with Gasteiger partial charge in [0.05, 0.1) is 52.0 Å². The summed E-state index contributed by atoms with van der Waals surface area (Å²) in [6, 6.07) is 18.4. The van der Waals surface area contributed by atoms with E-state index in [1.54, 1.807) is 46.6 Å². The van der Waals surface area contributed by atoms with Crippen molar-refractivity contribution in [3.63, 3.8) is 0 Å². The number of rotatable bonds is 7. The third-order valence-electron chi connectivity index (χ3n) is 6.73. The van der Waals surface area contributed by atoms with E-state index in [1.165, 1.54) is 0 Å². The topological polar surface area (TPSA) is 160 Å². The second-order valence-electron chi connectivity index (χ2n) is 10.1. The number of nitriles is 1. The Labute approximate surface area is 268 Å². The quantitative estimate of drug-likeness (QED) is 0.166.